The molecule has 0 radical (unpaired) electrons. The summed E-state index contributed by atoms with van der Waals surface area (Å²) in [5, 5.41) is -0.407. The summed E-state index contributed by atoms with van der Waals surface area (Å²) in [6, 6.07) is 2.40. The number of hydrogen-bond donors (Lipinski definition) is 0. The van der Waals surface area contributed by atoms with E-state index in [2.05, 4.69) is 4.98 Å². The molecule has 0 fully saturated rings. The number of fused-ring (bicyclic) bond motifs is 1. The number of nitrogens with zero attached hydrogens (tertiary/aromatic N) is 2. The molecule has 1 aromatic carbocycles. The Morgan fingerprint density at radius 3 is 2.65 bits per heavy atom. The minimum Gasteiger partial charge on any atom is -0.383 e. The number of rotatable bonds is 5. The van der Waals surface area contributed by atoms with Gasteiger partial charge in [0, 0.05) is 7.11 Å². The second-order valence-electron chi connectivity index (χ2n) is 4.70. The lowest BCUT2D eigenvalue weighted by Gasteiger charge is -2.20. The molecule has 0 aliphatic carbocycles. The normalized spacial score (nSPS) is 14.7. The second kappa shape index (κ2) is 6.06. The number of halogens is 3. The van der Waals surface area contributed by atoms with Crippen LogP contribution in [0.3, 0.4) is 0 Å². The molecule has 110 valence electrons. The van der Waals surface area contributed by atoms with Crippen molar-refractivity contribution < 1.29 is 13.5 Å². The molecular formula is C14H17ClF2N2O. The number of aromatic nitrogens is 2. The van der Waals surface area contributed by atoms with E-state index in [0.717, 1.165) is 6.07 Å². The average molecular weight is 303 g/mol. The van der Waals surface area contributed by atoms with Crippen LogP contribution in [0.1, 0.15) is 37.5 Å². The molecule has 6 heteroatoms. The third-order valence-electron chi connectivity index (χ3n) is 3.32. The van der Waals surface area contributed by atoms with Crippen LogP contribution in [0.2, 0.25) is 0 Å². The van der Waals surface area contributed by atoms with Gasteiger partial charge in [0.15, 0.2) is 11.6 Å². The van der Waals surface area contributed by atoms with Gasteiger partial charge in [0.2, 0.25) is 0 Å². The van der Waals surface area contributed by atoms with Crippen molar-refractivity contribution in [2.75, 3.05) is 13.7 Å². The Hall–Kier alpha value is -1.20. The predicted octanol–water partition coefficient (Wildman–Crippen LogP) is 4.21. The number of imidazole rings is 1. The van der Waals surface area contributed by atoms with Crippen LogP contribution >= 0.6 is 11.6 Å². The molecule has 0 amide bonds. The Morgan fingerprint density at radius 2 is 2.10 bits per heavy atom. The van der Waals surface area contributed by atoms with Crippen molar-refractivity contribution in [3.63, 3.8) is 0 Å². The van der Waals surface area contributed by atoms with E-state index in [9.17, 15) is 8.78 Å². The molecule has 2 rings (SSSR count). The van der Waals surface area contributed by atoms with Gasteiger partial charge in [-0.2, -0.15) is 0 Å². The Balaban J connectivity index is 2.75. The largest absolute Gasteiger partial charge is 0.383 e. The highest BCUT2D eigenvalue weighted by atomic mass is 35.5. The first kappa shape index (κ1) is 15.2. The van der Waals surface area contributed by atoms with E-state index in [1.165, 1.54) is 6.07 Å². The van der Waals surface area contributed by atoms with Crippen molar-refractivity contribution in [2.24, 2.45) is 0 Å². The van der Waals surface area contributed by atoms with Crippen LogP contribution in [0, 0.1) is 11.6 Å². The lowest BCUT2D eigenvalue weighted by molar-refractivity contribution is 0.153. The van der Waals surface area contributed by atoms with Crippen molar-refractivity contribution in [2.45, 2.75) is 31.7 Å². The maximum Gasteiger partial charge on any atom is 0.184 e. The van der Waals surface area contributed by atoms with Gasteiger partial charge in [-0.05, 0) is 25.5 Å². The van der Waals surface area contributed by atoms with Gasteiger partial charge in [-0.25, -0.2) is 13.8 Å². The van der Waals surface area contributed by atoms with Gasteiger partial charge in [-0.1, -0.05) is 6.92 Å². The fourth-order valence-corrected chi connectivity index (χ4v) is 2.51. The predicted molar refractivity (Wildman–Crippen MR) is 75.1 cm³/mol. The second-order valence-corrected chi connectivity index (χ2v) is 5.36. The van der Waals surface area contributed by atoms with E-state index >= 15 is 0 Å². The minimum absolute atomic E-state index is 0.141. The van der Waals surface area contributed by atoms with Crippen molar-refractivity contribution in [1.82, 2.24) is 9.55 Å². The summed E-state index contributed by atoms with van der Waals surface area (Å²) in [6.07, 6.45) is 0.700. The third kappa shape index (κ3) is 2.52. The molecule has 20 heavy (non-hydrogen) atoms. The molecule has 0 saturated carbocycles. The van der Waals surface area contributed by atoms with Crippen LogP contribution in [0.4, 0.5) is 8.78 Å². The molecule has 2 atom stereocenters. The molecule has 2 unspecified atom stereocenters. The number of alkyl halides is 1. The van der Waals surface area contributed by atoms with Crippen LogP contribution in [-0.2, 0) is 4.74 Å². The molecule has 0 aliphatic heterocycles. The van der Waals surface area contributed by atoms with Gasteiger partial charge in [-0.3, -0.25) is 0 Å². The number of ether oxygens (including phenoxy) is 1. The third-order valence-corrected chi connectivity index (χ3v) is 3.52. The SMILES string of the molecule is CCC(COC)n1c(C(C)Cl)nc2ccc(F)c(F)c21. The first-order chi connectivity index (χ1) is 9.51. The van der Waals surface area contributed by atoms with Gasteiger partial charge >= 0.3 is 0 Å². The number of methoxy groups -OCH3 is 1. The lowest BCUT2D eigenvalue weighted by Crippen LogP contribution is -2.17. The zero-order chi connectivity index (χ0) is 14.9. The van der Waals surface area contributed by atoms with Crippen molar-refractivity contribution in [1.29, 1.82) is 0 Å². The maximum atomic E-state index is 14.2. The fraction of sp³-hybridized carbons (Fsp3) is 0.500. The van der Waals surface area contributed by atoms with Crippen LogP contribution in [-0.4, -0.2) is 23.3 Å². The number of hydrogen-bond acceptors (Lipinski definition) is 2. The molecular weight excluding hydrogens is 286 g/mol. The van der Waals surface area contributed by atoms with Gasteiger partial charge in [-0.15, -0.1) is 11.6 Å². The molecule has 2 aromatic rings. The van der Waals surface area contributed by atoms with E-state index in [1.807, 2.05) is 6.92 Å². The van der Waals surface area contributed by atoms with Crippen LogP contribution < -0.4 is 0 Å². The van der Waals surface area contributed by atoms with E-state index in [1.54, 1.807) is 18.6 Å². The monoisotopic (exact) mass is 302 g/mol. The fourth-order valence-electron chi connectivity index (χ4n) is 2.36. The smallest absolute Gasteiger partial charge is 0.184 e. The Bertz CT molecular complexity index is 613. The van der Waals surface area contributed by atoms with Crippen molar-refractivity contribution >= 4 is 22.6 Å². The first-order valence-electron chi connectivity index (χ1n) is 6.50. The molecule has 0 N–H and O–H groups in total. The molecule has 0 saturated heterocycles. The van der Waals surface area contributed by atoms with E-state index < -0.39 is 17.0 Å². The zero-order valence-electron chi connectivity index (χ0n) is 11.7. The standard InChI is InChI=1S/C14H17ClF2N2O/c1-4-9(7-20-3)19-13-11(18-14(19)8(2)15)6-5-10(16)12(13)17/h5-6,8-9H,4,7H2,1-3H3. The zero-order valence-corrected chi connectivity index (χ0v) is 12.4. The highest BCUT2D eigenvalue weighted by Crippen LogP contribution is 2.31. The Labute approximate surface area is 121 Å². The van der Waals surface area contributed by atoms with Crippen LogP contribution in [0.15, 0.2) is 12.1 Å². The van der Waals surface area contributed by atoms with Gasteiger partial charge in [0.1, 0.15) is 11.3 Å². The Morgan fingerprint density at radius 1 is 1.40 bits per heavy atom. The summed E-state index contributed by atoms with van der Waals surface area (Å²) in [5.74, 6) is -1.26. The summed E-state index contributed by atoms with van der Waals surface area (Å²) in [5.41, 5.74) is 0.553. The van der Waals surface area contributed by atoms with E-state index in [4.69, 9.17) is 16.3 Å². The molecule has 1 heterocycles. The van der Waals surface area contributed by atoms with E-state index in [0.29, 0.717) is 24.4 Å². The molecule has 0 spiro atoms. The van der Waals surface area contributed by atoms with Gasteiger partial charge in [0.25, 0.3) is 0 Å². The minimum atomic E-state index is -0.895. The quantitative estimate of drug-likeness (QED) is 0.774. The van der Waals surface area contributed by atoms with Crippen molar-refractivity contribution in [3.8, 4) is 0 Å². The summed E-state index contributed by atoms with van der Waals surface area (Å²) in [7, 11) is 1.57. The van der Waals surface area contributed by atoms with Crippen LogP contribution in [0.25, 0.3) is 11.0 Å². The topological polar surface area (TPSA) is 27.1 Å². The average Bonchev–Trinajstić information content (AvgIpc) is 2.80. The van der Waals surface area contributed by atoms with E-state index in [-0.39, 0.29) is 11.6 Å². The molecule has 0 bridgehead atoms. The summed E-state index contributed by atoms with van der Waals surface area (Å²) in [6.45, 7) is 4.09. The Kier molecular flexibility index (Phi) is 4.60. The first-order valence-corrected chi connectivity index (χ1v) is 6.93. The van der Waals surface area contributed by atoms with Gasteiger partial charge < -0.3 is 9.30 Å². The molecule has 0 aliphatic rings. The molecule has 1 aromatic heterocycles. The van der Waals surface area contributed by atoms with Crippen molar-refractivity contribution in [3.05, 3.63) is 29.6 Å². The van der Waals surface area contributed by atoms with Gasteiger partial charge in [0.05, 0.1) is 23.5 Å². The summed E-state index contributed by atoms with van der Waals surface area (Å²) in [4.78, 5) is 4.33. The summed E-state index contributed by atoms with van der Waals surface area (Å²) >= 11 is 6.13. The lowest BCUT2D eigenvalue weighted by atomic mass is 10.2. The van der Waals surface area contributed by atoms with Crippen LogP contribution in [0.5, 0.6) is 0 Å². The highest BCUT2D eigenvalue weighted by Gasteiger charge is 2.24. The number of benzene rings is 1. The highest BCUT2D eigenvalue weighted by molar-refractivity contribution is 6.20. The molecule has 3 nitrogen and oxygen atoms in total. The summed E-state index contributed by atoms with van der Waals surface area (Å²) < 4.78 is 34.5. The maximum absolute atomic E-state index is 14.2.